The molecule has 0 aromatic carbocycles. The van der Waals surface area contributed by atoms with Gasteiger partial charge in [-0.15, -0.1) is 0 Å². The smallest absolute Gasteiger partial charge is 0.320 e. The third-order valence-corrected chi connectivity index (χ3v) is 1.87. The van der Waals surface area contributed by atoms with Gasteiger partial charge in [0.05, 0.1) is 13.2 Å². The average Bonchev–Trinajstić information content (AvgIpc) is 2.36. The third kappa shape index (κ3) is 17.8. The molecule has 140 valence electrons. The number of carboxylic acid groups (broad SMARTS) is 4. The van der Waals surface area contributed by atoms with Crippen molar-refractivity contribution in [3.8, 4) is 0 Å². The molecule has 0 rings (SSSR count). The topological polar surface area (TPSA) is 174 Å². The van der Waals surface area contributed by atoms with Crippen LogP contribution in [0.1, 0.15) is 13.8 Å². The molecule has 24 heavy (non-hydrogen) atoms. The normalized spacial score (nSPS) is 10.2. The van der Waals surface area contributed by atoms with Gasteiger partial charge >= 0.3 is 23.9 Å². The van der Waals surface area contributed by atoms with Gasteiger partial charge in [0, 0.05) is 0 Å². The second-order valence-corrected chi connectivity index (χ2v) is 4.01. The van der Waals surface area contributed by atoms with E-state index in [1.165, 1.54) is 0 Å². The van der Waals surface area contributed by atoms with Crippen LogP contribution in [0.4, 0.5) is 0 Å². The average molecular weight is 354 g/mol. The van der Waals surface area contributed by atoms with Gasteiger partial charge in [-0.1, -0.05) is 0 Å². The maximum atomic E-state index is 10.2. The fraction of sp³-hybridized carbons (Fsp3) is 0.667. The fourth-order valence-corrected chi connectivity index (χ4v) is 1.26. The molecule has 12 heteroatoms. The zero-order valence-electron chi connectivity index (χ0n) is 13.4. The molecular weight excluding hydrogens is 332 g/mol. The molecule has 0 fully saturated rings. The Balaban J connectivity index is 0. The van der Waals surface area contributed by atoms with E-state index in [0.29, 0.717) is 0 Å². The SMILES string of the molecule is CCON(CC(=O)O)CC(=O)O.CCON(CC(=O)O)CC(=O)O. The van der Waals surface area contributed by atoms with E-state index in [4.69, 9.17) is 30.1 Å². The van der Waals surface area contributed by atoms with Gasteiger partial charge in [-0.3, -0.25) is 28.9 Å². The zero-order valence-corrected chi connectivity index (χ0v) is 13.4. The van der Waals surface area contributed by atoms with Crippen molar-refractivity contribution in [2.75, 3.05) is 39.4 Å². The minimum absolute atomic E-state index is 0.251. The molecule has 0 aliphatic heterocycles. The maximum absolute atomic E-state index is 10.2. The zero-order chi connectivity index (χ0) is 19.1. The Morgan fingerprint density at radius 2 is 0.833 bits per heavy atom. The van der Waals surface area contributed by atoms with Crippen LogP contribution in [-0.4, -0.2) is 93.8 Å². The number of aliphatic carboxylic acids is 4. The Bertz CT molecular complexity index is 345. The summed E-state index contributed by atoms with van der Waals surface area (Å²) in [7, 11) is 0. The lowest BCUT2D eigenvalue weighted by atomic mass is 10.5. The van der Waals surface area contributed by atoms with Crippen LogP contribution in [0.25, 0.3) is 0 Å². The molecule has 0 saturated heterocycles. The third-order valence-electron chi connectivity index (χ3n) is 1.87. The van der Waals surface area contributed by atoms with Gasteiger partial charge in [-0.05, 0) is 13.8 Å². The highest BCUT2D eigenvalue weighted by molar-refractivity contribution is 5.72. The van der Waals surface area contributed by atoms with Gasteiger partial charge in [0.25, 0.3) is 0 Å². The summed E-state index contributed by atoms with van der Waals surface area (Å²) in [6, 6.07) is 0. The minimum Gasteiger partial charge on any atom is -0.480 e. The van der Waals surface area contributed by atoms with E-state index in [2.05, 4.69) is 0 Å². The second kappa shape index (κ2) is 14.3. The highest BCUT2D eigenvalue weighted by Gasteiger charge is 2.13. The number of hydroxylamine groups is 4. The monoisotopic (exact) mass is 354 g/mol. The van der Waals surface area contributed by atoms with Gasteiger partial charge in [-0.2, -0.15) is 10.1 Å². The lowest BCUT2D eigenvalue weighted by Gasteiger charge is -2.15. The van der Waals surface area contributed by atoms with E-state index >= 15 is 0 Å². The van der Waals surface area contributed by atoms with Crippen LogP contribution < -0.4 is 0 Å². The van der Waals surface area contributed by atoms with E-state index in [9.17, 15) is 19.2 Å². The van der Waals surface area contributed by atoms with Gasteiger partial charge < -0.3 is 20.4 Å². The lowest BCUT2D eigenvalue weighted by molar-refractivity contribution is -0.184. The van der Waals surface area contributed by atoms with Crippen molar-refractivity contribution < 1.29 is 49.3 Å². The first kappa shape index (κ1) is 24.0. The van der Waals surface area contributed by atoms with Crippen LogP contribution in [0, 0.1) is 0 Å². The number of hydrogen-bond donors (Lipinski definition) is 4. The quantitative estimate of drug-likeness (QED) is 0.309. The number of hydrogen-bond acceptors (Lipinski definition) is 8. The van der Waals surface area contributed by atoms with Gasteiger partial charge in [0.15, 0.2) is 0 Å². The van der Waals surface area contributed by atoms with Crippen molar-refractivity contribution in [1.82, 2.24) is 10.1 Å². The van der Waals surface area contributed by atoms with Crippen LogP contribution in [0.2, 0.25) is 0 Å². The molecule has 0 radical (unpaired) electrons. The molecule has 0 bridgehead atoms. The van der Waals surface area contributed by atoms with E-state index in [1.54, 1.807) is 13.8 Å². The van der Waals surface area contributed by atoms with Crippen molar-refractivity contribution in [2.24, 2.45) is 0 Å². The van der Waals surface area contributed by atoms with Crippen molar-refractivity contribution >= 4 is 23.9 Å². The Morgan fingerprint density at radius 1 is 0.625 bits per heavy atom. The summed E-state index contributed by atoms with van der Waals surface area (Å²) in [6.45, 7) is 2.08. The molecule has 0 spiro atoms. The molecule has 0 atom stereocenters. The minimum atomic E-state index is -1.12. The largest absolute Gasteiger partial charge is 0.480 e. The predicted molar refractivity (Wildman–Crippen MR) is 76.9 cm³/mol. The predicted octanol–water partition coefficient (Wildman–Crippen LogP) is -1.18. The summed E-state index contributed by atoms with van der Waals surface area (Å²) in [6.07, 6.45) is 0. The summed E-state index contributed by atoms with van der Waals surface area (Å²) in [5, 5.41) is 35.0. The van der Waals surface area contributed by atoms with Gasteiger partial charge in [0.1, 0.15) is 26.2 Å². The molecule has 0 unspecified atom stereocenters. The molecule has 0 aromatic rings. The number of nitrogens with zero attached hydrogens (tertiary/aromatic N) is 2. The molecule has 12 nitrogen and oxygen atoms in total. The van der Waals surface area contributed by atoms with Gasteiger partial charge in [0.2, 0.25) is 0 Å². The first-order valence-electron chi connectivity index (χ1n) is 6.75. The van der Waals surface area contributed by atoms with Crippen LogP contribution in [-0.2, 0) is 28.9 Å². The van der Waals surface area contributed by atoms with Crippen molar-refractivity contribution in [3.63, 3.8) is 0 Å². The first-order valence-corrected chi connectivity index (χ1v) is 6.75. The maximum Gasteiger partial charge on any atom is 0.320 e. The summed E-state index contributed by atoms with van der Waals surface area (Å²) >= 11 is 0. The number of carboxylic acids is 4. The molecule has 0 aliphatic rings. The summed E-state index contributed by atoms with van der Waals surface area (Å²) in [4.78, 5) is 50.1. The van der Waals surface area contributed by atoms with Crippen LogP contribution in [0.3, 0.4) is 0 Å². The molecule has 0 amide bonds. The Kier molecular flexibility index (Phi) is 14.3. The molecule has 0 aliphatic carbocycles. The van der Waals surface area contributed by atoms with E-state index in [-0.39, 0.29) is 13.2 Å². The number of carbonyl (C=O) groups is 4. The summed E-state index contributed by atoms with van der Waals surface area (Å²) in [5.41, 5.74) is 0. The van der Waals surface area contributed by atoms with E-state index in [0.717, 1.165) is 10.1 Å². The Labute approximate surface area is 137 Å². The van der Waals surface area contributed by atoms with Crippen molar-refractivity contribution in [3.05, 3.63) is 0 Å². The lowest BCUT2D eigenvalue weighted by Crippen LogP contribution is -2.34. The van der Waals surface area contributed by atoms with Crippen LogP contribution in [0.5, 0.6) is 0 Å². The Hall–Kier alpha value is -2.28. The Morgan fingerprint density at radius 3 is 0.958 bits per heavy atom. The van der Waals surface area contributed by atoms with E-state index < -0.39 is 50.1 Å². The highest BCUT2D eigenvalue weighted by atomic mass is 16.7. The van der Waals surface area contributed by atoms with Crippen molar-refractivity contribution in [1.29, 1.82) is 0 Å². The number of rotatable bonds is 12. The summed E-state index contributed by atoms with van der Waals surface area (Å²) < 4.78 is 0. The standard InChI is InChI=1S/2C6H11NO5/c2*1-2-12-7(3-5(8)9)4-6(10)11/h2*2-4H2,1H3,(H,8,9)(H,10,11). The van der Waals surface area contributed by atoms with Crippen molar-refractivity contribution in [2.45, 2.75) is 13.8 Å². The van der Waals surface area contributed by atoms with E-state index in [1.807, 2.05) is 0 Å². The molecule has 0 saturated carbocycles. The van der Waals surface area contributed by atoms with Gasteiger partial charge in [-0.25, -0.2) is 0 Å². The summed E-state index contributed by atoms with van der Waals surface area (Å²) in [5.74, 6) is -4.48. The molecule has 0 aromatic heterocycles. The molecule has 0 heterocycles. The molecular formula is C12H22N2O10. The highest BCUT2D eigenvalue weighted by Crippen LogP contribution is 1.90. The van der Waals surface area contributed by atoms with Crippen LogP contribution in [0.15, 0.2) is 0 Å². The van der Waals surface area contributed by atoms with Crippen LogP contribution >= 0.6 is 0 Å². The fourth-order valence-electron chi connectivity index (χ4n) is 1.26. The second-order valence-electron chi connectivity index (χ2n) is 4.01. The first-order chi connectivity index (χ1) is 11.1. The molecule has 4 N–H and O–H groups in total.